The Morgan fingerprint density at radius 1 is 1.22 bits per heavy atom. The number of aromatic nitrogens is 3. The third-order valence-electron chi connectivity index (χ3n) is 4.20. The first-order chi connectivity index (χ1) is 13.0. The summed E-state index contributed by atoms with van der Waals surface area (Å²) in [4.78, 5) is 29.6. The number of fused-ring (bicyclic) bond motifs is 3. The molecular weight excluding hydrogens is 370 g/mol. The monoisotopic (exact) mass is 383 g/mol. The maximum Gasteiger partial charge on any atom is 0.356 e. The van der Waals surface area contributed by atoms with Crippen LogP contribution in [-0.2, 0) is 4.74 Å². The Hall–Kier alpha value is -3.19. The second kappa shape index (κ2) is 6.51. The number of nitrogens with zero attached hydrogens (tertiary/aromatic N) is 3. The third-order valence-corrected chi connectivity index (χ3v) is 4.51. The molecule has 136 valence electrons. The minimum absolute atomic E-state index is 0.110. The number of rotatable bonds is 3. The van der Waals surface area contributed by atoms with Crippen LogP contribution in [0.2, 0.25) is 5.02 Å². The molecule has 4 rings (SSSR count). The number of hydrogen-bond acceptors (Lipinski definition) is 6. The van der Waals surface area contributed by atoms with E-state index >= 15 is 0 Å². The Balaban J connectivity index is 2.10. The second-order valence-corrected chi connectivity index (χ2v) is 6.25. The zero-order valence-corrected chi connectivity index (χ0v) is 15.3. The summed E-state index contributed by atoms with van der Waals surface area (Å²) in [7, 11) is 0. The molecule has 0 aliphatic rings. The van der Waals surface area contributed by atoms with E-state index in [-0.39, 0.29) is 23.7 Å². The van der Waals surface area contributed by atoms with Gasteiger partial charge in [-0.2, -0.15) is 0 Å². The Kier molecular flexibility index (Phi) is 4.16. The van der Waals surface area contributed by atoms with Crippen molar-refractivity contribution in [2.75, 3.05) is 6.61 Å². The zero-order chi connectivity index (χ0) is 19.1. The van der Waals surface area contributed by atoms with Gasteiger partial charge in [-0.05, 0) is 38.1 Å². The van der Waals surface area contributed by atoms with Gasteiger partial charge < -0.3 is 9.26 Å². The molecule has 0 spiro atoms. The van der Waals surface area contributed by atoms with E-state index in [0.29, 0.717) is 32.6 Å². The average molecular weight is 384 g/mol. The summed E-state index contributed by atoms with van der Waals surface area (Å²) in [6, 6.07) is 10.00. The van der Waals surface area contributed by atoms with Gasteiger partial charge in [0.05, 0.1) is 17.1 Å². The summed E-state index contributed by atoms with van der Waals surface area (Å²) in [5.74, 6) is 0.101. The molecule has 8 heteroatoms. The fourth-order valence-corrected chi connectivity index (χ4v) is 3.30. The van der Waals surface area contributed by atoms with Gasteiger partial charge in [0.2, 0.25) is 0 Å². The van der Waals surface area contributed by atoms with E-state index in [1.807, 2.05) is 0 Å². The molecule has 0 unspecified atom stereocenters. The van der Waals surface area contributed by atoms with E-state index in [1.165, 1.54) is 10.6 Å². The molecule has 0 saturated carbocycles. The minimum Gasteiger partial charge on any atom is -0.461 e. The van der Waals surface area contributed by atoms with Crippen LogP contribution >= 0.6 is 11.6 Å². The lowest BCUT2D eigenvalue weighted by Crippen LogP contribution is -2.21. The first-order valence-electron chi connectivity index (χ1n) is 8.26. The molecule has 0 atom stereocenters. The fourth-order valence-electron chi connectivity index (χ4n) is 3.04. The largest absolute Gasteiger partial charge is 0.461 e. The van der Waals surface area contributed by atoms with Crippen molar-refractivity contribution >= 4 is 39.4 Å². The summed E-state index contributed by atoms with van der Waals surface area (Å²) in [5, 5.41) is 5.33. The van der Waals surface area contributed by atoms with Gasteiger partial charge in [-0.25, -0.2) is 9.78 Å². The van der Waals surface area contributed by atoms with Crippen LogP contribution in [0, 0.1) is 6.92 Å². The van der Waals surface area contributed by atoms with Crippen molar-refractivity contribution in [1.29, 1.82) is 0 Å². The number of ether oxygens (including phenoxy) is 1. The highest BCUT2D eigenvalue weighted by Gasteiger charge is 2.20. The fraction of sp³-hybridized carbons (Fsp3) is 0.158. The molecule has 0 fully saturated rings. The van der Waals surface area contributed by atoms with E-state index in [2.05, 4.69) is 10.1 Å². The lowest BCUT2D eigenvalue weighted by Gasteiger charge is -2.12. The van der Waals surface area contributed by atoms with Gasteiger partial charge in [0.1, 0.15) is 22.5 Å². The topological polar surface area (TPSA) is 87.2 Å². The van der Waals surface area contributed by atoms with Gasteiger partial charge in [0.15, 0.2) is 5.69 Å². The van der Waals surface area contributed by atoms with Crippen molar-refractivity contribution in [2.24, 2.45) is 0 Å². The first-order valence-corrected chi connectivity index (χ1v) is 8.64. The molecule has 0 amide bonds. The van der Waals surface area contributed by atoms with Crippen molar-refractivity contribution in [3.05, 3.63) is 63.2 Å². The molecule has 0 N–H and O–H groups in total. The number of aryl methyl sites for hydroxylation is 1. The summed E-state index contributed by atoms with van der Waals surface area (Å²) in [6.45, 7) is 3.60. The van der Waals surface area contributed by atoms with Crippen LogP contribution in [-0.4, -0.2) is 27.3 Å². The maximum absolute atomic E-state index is 13.2. The molecule has 0 bridgehead atoms. The molecule has 27 heavy (non-hydrogen) atoms. The van der Waals surface area contributed by atoms with Gasteiger partial charge in [-0.1, -0.05) is 28.9 Å². The predicted molar refractivity (Wildman–Crippen MR) is 101 cm³/mol. The number of hydrogen-bond donors (Lipinski definition) is 0. The van der Waals surface area contributed by atoms with Gasteiger partial charge in [-0.3, -0.25) is 9.36 Å². The van der Waals surface area contributed by atoms with Crippen molar-refractivity contribution in [3.8, 4) is 5.82 Å². The van der Waals surface area contributed by atoms with Crippen LogP contribution < -0.4 is 5.56 Å². The molecule has 3 aromatic heterocycles. The molecule has 1 aromatic carbocycles. The smallest absolute Gasteiger partial charge is 0.356 e. The van der Waals surface area contributed by atoms with Gasteiger partial charge in [-0.15, -0.1) is 0 Å². The third kappa shape index (κ3) is 2.67. The van der Waals surface area contributed by atoms with Gasteiger partial charge in [0.25, 0.3) is 5.56 Å². The van der Waals surface area contributed by atoms with Crippen LogP contribution in [0.1, 0.15) is 23.2 Å². The SMILES string of the molecule is CCOC(=O)c1cccc(-n2c(=O)c3c(C)onc3c3c(Cl)cccc32)n1. The van der Waals surface area contributed by atoms with Crippen molar-refractivity contribution in [1.82, 2.24) is 14.7 Å². The summed E-state index contributed by atoms with van der Waals surface area (Å²) >= 11 is 6.39. The zero-order valence-electron chi connectivity index (χ0n) is 14.5. The Bertz CT molecular complexity index is 1260. The van der Waals surface area contributed by atoms with E-state index in [4.69, 9.17) is 20.9 Å². The van der Waals surface area contributed by atoms with Crippen LogP contribution in [0.4, 0.5) is 0 Å². The molecule has 0 aliphatic carbocycles. The maximum atomic E-state index is 13.2. The number of pyridine rings is 2. The Labute approximate surface area is 158 Å². The number of halogens is 1. The predicted octanol–water partition coefficient (Wildman–Crippen LogP) is 3.67. The molecule has 0 saturated heterocycles. The van der Waals surface area contributed by atoms with Crippen LogP contribution in [0.5, 0.6) is 0 Å². The first kappa shape index (κ1) is 17.2. The number of benzene rings is 1. The number of esters is 1. The minimum atomic E-state index is -0.558. The van der Waals surface area contributed by atoms with Crippen molar-refractivity contribution < 1.29 is 14.1 Å². The Morgan fingerprint density at radius 2 is 2.00 bits per heavy atom. The second-order valence-electron chi connectivity index (χ2n) is 5.84. The van der Waals surface area contributed by atoms with Crippen LogP contribution in [0.25, 0.3) is 27.6 Å². The van der Waals surface area contributed by atoms with Crippen LogP contribution in [0.15, 0.2) is 45.7 Å². The molecule has 4 aromatic rings. The van der Waals surface area contributed by atoms with E-state index in [1.54, 1.807) is 44.2 Å². The van der Waals surface area contributed by atoms with E-state index in [9.17, 15) is 9.59 Å². The number of carbonyl (C=O) groups excluding carboxylic acids is 1. The normalized spacial score (nSPS) is 11.2. The molecule has 0 aliphatic heterocycles. The lowest BCUT2D eigenvalue weighted by atomic mass is 10.1. The summed E-state index contributed by atoms with van der Waals surface area (Å²) in [6.07, 6.45) is 0. The summed E-state index contributed by atoms with van der Waals surface area (Å²) < 4.78 is 11.6. The van der Waals surface area contributed by atoms with Gasteiger partial charge in [0, 0.05) is 5.39 Å². The lowest BCUT2D eigenvalue weighted by molar-refractivity contribution is 0.0519. The molecular formula is C19H14ClN3O4. The highest BCUT2D eigenvalue weighted by atomic mass is 35.5. The highest BCUT2D eigenvalue weighted by Crippen LogP contribution is 2.31. The van der Waals surface area contributed by atoms with Crippen molar-refractivity contribution in [2.45, 2.75) is 13.8 Å². The van der Waals surface area contributed by atoms with E-state index < -0.39 is 5.97 Å². The summed E-state index contributed by atoms with van der Waals surface area (Å²) in [5.41, 5.74) is 0.670. The van der Waals surface area contributed by atoms with Crippen molar-refractivity contribution in [3.63, 3.8) is 0 Å². The molecule has 7 nitrogen and oxygen atoms in total. The Morgan fingerprint density at radius 3 is 2.78 bits per heavy atom. The number of carbonyl (C=O) groups is 1. The molecule has 0 radical (unpaired) electrons. The standard InChI is InChI=1S/C19H14ClN3O4/c1-3-26-19(25)12-7-5-9-14(21-12)23-13-8-4-6-11(20)16(13)17-15(18(23)24)10(2)27-22-17/h4-9H,3H2,1-2H3. The van der Waals surface area contributed by atoms with Crippen LogP contribution in [0.3, 0.4) is 0 Å². The van der Waals surface area contributed by atoms with E-state index in [0.717, 1.165) is 0 Å². The highest BCUT2D eigenvalue weighted by molar-refractivity contribution is 6.37. The quantitative estimate of drug-likeness (QED) is 0.502. The average Bonchev–Trinajstić information content (AvgIpc) is 3.04. The molecule has 3 heterocycles. The van der Waals surface area contributed by atoms with Gasteiger partial charge >= 0.3 is 5.97 Å².